The summed E-state index contributed by atoms with van der Waals surface area (Å²) in [6, 6.07) is 5.99. The molecule has 1 aromatic carbocycles. The molecule has 6 rings (SSSR count). The van der Waals surface area contributed by atoms with Crippen LogP contribution in [0.4, 0.5) is 0 Å². The van der Waals surface area contributed by atoms with Crippen molar-refractivity contribution < 1.29 is 14.6 Å². The molecule has 1 saturated heterocycles. The highest BCUT2D eigenvalue weighted by atomic mass is 32.1. The summed E-state index contributed by atoms with van der Waals surface area (Å²) in [5.74, 6) is 1.55. The van der Waals surface area contributed by atoms with E-state index in [1.807, 2.05) is 22.5 Å². The molecule has 1 amide bonds. The van der Waals surface area contributed by atoms with Crippen molar-refractivity contribution in [3.05, 3.63) is 46.0 Å². The van der Waals surface area contributed by atoms with E-state index < -0.39 is 0 Å². The van der Waals surface area contributed by atoms with Crippen LogP contribution in [0.15, 0.2) is 29.8 Å². The SMILES string of the molecule is COc1ccc2c3c(n(C)c2c1)[C@H](CO)N(C(=O)CC1CC1)CC31CCN(Cc2nccs2)CC1. The van der Waals surface area contributed by atoms with Crippen molar-refractivity contribution in [1.82, 2.24) is 19.4 Å². The fourth-order valence-electron chi connectivity index (χ4n) is 6.38. The lowest BCUT2D eigenvalue weighted by atomic mass is 9.68. The summed E-state index contributed by atoms with van der Waals surface area (Å²) in [5.41, 5.74) is 3.42. The van der Waals surface area contributed by atoms with Crippen LogP contribution in [0.5, 0.6) is 5.75 Å². The van der Waals surface area contributed by atoms with Crippen molar-refractivity contribution in [2.24, 2.45) is 13.0 Å². The first-order valence-corrected chi connectivity index (χ1v) is 13.6. The largest absolute Gasteiger partial charge is 0.497 e. The third kappa shape index (κ3) is 3.96. The smallest absolute Gasteiger partial charge is 0.223 e. The minimum Gasteiger partial charge on any atom is -0.497 e. The van der Waals surface area contributed by atoms with Gasteiger partial charge >= 0.3 is 0 Å². The maximum absolute atomic E-state index is 13.5. The molecule has 0 bridgehead atoms. The molecular weight excluding hydrogens is 460 g/mol. The molecule has 3 aliphatic rings. The van der Waals surface area contributed by atoms with Crippen LogP contribution in [-0.4, -0.2) is 63.7 Å². The van der Waals surface area contributed by atoms with Crippen molar-refractivity contribution in [3.63, 3.8) is 0 Å². The van der Waals surface area contributed by atoms with E-state index in [2.05, 4.69) is 33.6 Å². The Kier molecular flexibility index (Phi) is 5.86. The van der Waals surface area contributed by atoms with Crippen LogP contribution >= 0.6 is 11.3 Å². The van der Waals surface area contributed by atoms with E-state index in [1.54, 1.807) is 18.4 Å². The number of amides is 1. The van der Waals surface area contributed by atoms with Crippen molar-refractivity contribution in [1.29, 1.82) is 0 Å². The van der Waals surface area contributed by atoms with E-state index in [0.717, 1.165) is 67.3 Å². The number of likely N-dealkylation sites (tertiary alicyclic amines) is 1. The summed E-state index contributed by atoms with van der Waals surface area (Å²) < 4.78 is 7.74. The monoisotopic (exact) mass is 494 g/mol. The van der Waals surface area contributed by atoms with Gasteiger partial charge < -0.3 is 19.3 Å². The first-order chi connectivity index (χ1) is 17.0. The molecule has 186 valence electrons. The second kappa shape index (κ2) is 8.91. The standard InChI is InChI=1S/C27H34N4O3S/c1-29-21-14-19(34-2)5-6-20(21)25-26(29)22(16-32)31(24(33)13-18-3-4-18)17-27(25)7-10-30(11-8-27)15-23-28-9-12-35-23/h5-6,9,12,14,18,22,32H,3-4,7-8,10-11,13,15-17H2,1-2H3/t22-/m0/s1. The number of aliphatic hydroxyl groups is 1. The van der Waals surface area contributed by atoms with Gasteiger partial charge in [-0.15, -0.1) is 11.3 Å². The topological polar surface area (TPSA) is 70.8 Å². The van der Waals surface area contributed by atoms with E-state index >= 15 is 0 Å². The summed E-state index contributed by atoms with van der Waals surface area (Å²) in [5, 5.41) is 15.0. The molecule has 2 aromatic heterocycles. The number of rotatable bonds is 6. The van der Waals surface area contributed by atoms with Crippen LogP contribution < -0.4 is 4.74 Å². The maximum Gasteiger partial charge on any atom is 0.223 e. The lowest BCUT2D eigenvalue weighted by molar-refractivity contribution is -0.137. The Balaban J connectivity index is 1.42. The summed E-state index contributed by atoms with van der Waals surface area (Å²) in [7, 11) is 3.77. The minimum atomic E-state index is -0.307. The Morgan fingerprint density at radius 2 is 2.09 bits per heavy atom. The van der Waals surface area contributed by atoms with Crippen LogP contribution in [0.25, 0.3) is 10.9 Å². The molecule has 2 fully saturated rings. The molecule has 1 atom stereocenters. The number of benzene rings is 1. The zero-order chi connectivity index (χ0) is 24.2. The van der Waals surface area contributed by atoms with Crippen molar-refractivity contribution in [2.75, 3.05) is 33.4 Å². The molecule has 1 aliphatic carbocycles. The number of fused-ring (bicyclic) bond motifs is 4. The highest BCUT2D eigenvalue weighted by molar-refractivity contribution is 7.09. The fraction of sp³-hybridized carbons (Fsp3) is 0.556. The number of hydrogen-bond donors (Lipinski definition) is 1. The lowest BCUT2D eigenvalue weighted by Crippen LogP contribution is -2.55. The predicted octanol–water partition coefficient (Wildman–Crippen LogP) is 3.85. The van der Waals surface area contributed by atoms with Crippen LogP contribution in [-0.2, 0) is 23.8 Å². The fourth-order valence-corrected chi connectivity index (χ4v) is 7.03. The zero-order valence-electron chi connectivity index (χ0n) is 20.6. The number of nitrogens with zero attached hydrogens (tertiary/aromatic N) is 4. The van der Waals surface area contributed by atoms with E-state index in [1.165, 1.54) is 10.9 Å². The molecule has 0 unspecified atom stereocenters. The van der Waals surface area contributed by atoms with Gasteiger partial charge in [-0.3, -0.25) is 9.69 Å². The van der Waals surface area contributed by atoms with Crippen LogP contribution in [0.3, 0.4) is 0 Å². The molecule has 2 aliphatic heterocycles. The van der Waals surface area contributed by atoms with Gasteiger partial charge in [-0.05, 0) is 62.4 Å². The highest BCUT2D eigenvalue weighted by Crippen LogP contribution is 2.50. The van der Waals surface area contributed by atoms with Crippen LogP contribution in [0.1, 0.15) is 54.4 Å². The van der Waals surface area contributed by atoms with Gasteiger partial charge in [0, 0.05) is 54.2 Å². The van der Waals surface area contributed by atoms with Gasteiger partial charge in [-0.1, -0.05) is 0 Å². The number of carbonyl (C=O) groups is 1. The summed E-state index contributed by atoms with van der Waals surface area (Å²) in [6.07, 6.45) is 6.76. The molecule has 1 N–H and O–H groups in total. The third-order valence-electron chi connectivity index (χ3n) is 8.46. The lowest BCUT2D eigenvalue weighted by Gasteiger charge is -2.50. The van der Waals surface area contributed by atoms with Crippen molar-refractivity contribution in [2.45, 2.75) is 50.1 Å². The van der Waals surface area contributed by atoms with Crippen molar-refractivity contribution in [3.8, 4) is 5.75 Å². The molecular formula is C27H34N4O3S. The number of aryl methyl sites for hydroxylation is 1. The Morgan fingerprint density at radius 3 is 2.74 bits per heavy atom. The number of aliphatic hydroxyl groups excluding tert-OH is 1. The van der Waals surface area contributed by atoms with Crippen LogP contribution in [0, 0.1) is 5.92 Å². The van der Waals surface area contributed by atoms with Crippen LogP contribution in [0.2, 0.25) is 0 Å². The van der Waals surface area contributed by atoms with Gasteiger partial charge in [0.05, 0.1) is 31.8 Å². The number of aromatic nitrogens is 2. The molecule has 35 heavy (non-hydrogen) atoms. The molecule has 0 radical (unpaired) electrons. The quantitative estimate of drug-likeness (QED) is 0.564. The molecule has 1 saturated carbocycles. The minimum absolute atomic E-state index is 0.0586. The summed E-state index contributed by atoms with van der Waals surface area (Å²) in [4.78, 5) is 22.5. The average Bonchev–Trinajstić information content (AvgIpc) is 3.44. The van der Waals surface area contributed by atoms with Gasteiger partial charge in [0.25, 0.3) is 0 Å². The Morgan fingerprint density at radius 1 is 1.29 bits per heavy atom. The second-order valence-corrected chi connectivity index (χ2v) is 11.5. The number of methoxy groups -OCH3 is 1. The summed E-state index contributed by atoms with van der Waals surface area (Å²) in [6.45, 7) is 3.46. The molecule has 1 spiro atoms. The Bertz CT molecular complexity index is 1230. The molecule has 4 heterocycles. The Hall–Kier alpha value is -2.42. The van der Waals surface area contributed by atoms with E-state index in [-0.39, 0.29) is 24.0 Å². The Labute approximate surface area is 210 Å². The predicted molar refractivity (Wildman–Crippen MR) is 137 cm³/mol. The molecule has 3 aromatic rings. The number of hydrogen-bond acceptors (Lipinski definition) is 6. The van der Waals surface area contributed by atoms with Crippen molar-refractivity contribution >= 4 is 28.1 Å². The van der Waals surface area contributed by atoms with Gasteiger partial charge in [0.2, 0.25) is 5.91 Å². The van der Waals surface area contributed by atoms with E-state index in [0.29, 0.717) is 18.9 Å². The molecule has 8 heteroatoms. The number of piperidine rings is 1. The zero-order valence-corrected chi connectivity index (χ0v) is 21.4. The van der Waals surface area contributed by atoms with Gasteiger partial charge in [-0.25, -0.2) is 4.98 Å². The van der Waals surface area contributed by atoms with Gasteiger partial charge in [0.15, 0.2) is 0 Å². The molecule has 7 nitrogen and oxygen atoms in total. The number of ether oxygens (including phenoxy) is 1. The first-order valence-electron chi connectivity index (χ1n) is 12.7. The van der Waals surface area contributed by atoms with Gasteiger partial charge in [-0.2, -0.15) is 0 Å². The van der Waals surface area contributed by atoms with Gasteiger partial charge in [0.1, 0.15) is 10.8 Å². The average molecular weight is 495 g/mol. The number of carbonyl (C=O) groups excluding carboxylic acids is 1. The highest BCUT2D eigenvalue weighted by Gasteiger charge is 2.49. The summed E-state index contributed by atoms with van der Waals surface area (Å²) >= 11 is 1.71. The van der Waals surface area contributed by atoms with E-state index in [9.17, 15) is 9.90 Å². The third-order valence-corrected chi connectivity index (χ3v) is 9.22. The number of thiazole rings is 1. The maximum atomic E-state index is 13.5. The second-order valence-electron chi connectivity index (χ2n) is 10.6. The van der Waals surface area contributed by atoms with E-state index in [4.69, 9.17) is 4.74 Å². The first kappa shape index (κ1) is 23.0. The normalized spacial score (nSPS) is 22.0.